The first-order valence-electron chi connectivity index (χ1n) is 8.80. The van der Waals surface area contributed by atoms with E-state index < -0.39 is 0 Å². The third kappa shape index (κ3) is 2.82. The van der Waals surface area contributed by atoms with Gasteiger partial charge in [-0.15, -0.1) is 0 Å². The predicted octanol–water partition coefficient (Wildman–Crippen LogP) is 5.28. The van der Waals surface area contributed by atoms with Crippen LogP contribution < -0.4 is 4.90 Å². The van der Waals surface area contributed by atoms with Crippen molar-refractivity contribution < 1.29 is 4.79 Å². The number of aryl methyl sites for hydroxylation is 2. The third-order valence-electron chi connectivity index (χ3n) is 4.92. The van der Waals surface area contributed by atoms with Gasteiger partial charge < -0.3 is 4.57 Å². The van der Waals surface area contributed by atoms with Gasteiger partial charge in [0.2, 0.25) is 0 Å². The summed E-state index contributed by atoms with van der Waals surface area (Å²) in [6.45, 7) is 6.16. The van der Waals surface area contributed by atoms with Crippen molar-refractivity contribution >= 4 is 39.3 Å². The van der Waals surface area contributed by atoms with Crippen molar-refractivity contribution in [3.8, 4) is 0 Å². The lowest BCUT2D eigenvalue weighted by Crippen LogP contribution is -2.31. The molecule has 4 rings (SSSR count). The lowest BCUT2D eigenvalue weighted by Gasteiger charge is -2.28. The number of rotatable bonds is 3. The predicted molar refractivity (Wildman–Crippen MR) is 111 cm³/mol. The first kappa shape index (κ1) is 18.3. The Morgan fingerprint density at radius 1 is 1.19 bits per heavy atom. The van der Waals surface area contributed by atoms with Crippen LogP contribution in [-0.4, -0.2) is 20.3 Å². The summed E-state index contributed by atoms with van der Waals surface area (Å²) in [7, 11) is 1.87. The molecule has 7 heteroatoms. The van der Waals surface area contributed by atoms with Crippen LogP contribution in [0.25, 0.3) is 0 Å². The topological polar surface area (TPSA) is 43.1 Å². The number of carbonyl (C=O) groups excluding carboxylic acids is 1. The highest BCUT2D eigenvalue weighted by atomic mass is 79.9. The van der Waals surface area contributed by atoms with Gasteiger partial charge in [-0.3, -0.25) is 14.4 Å². The van der Waals surface area contributed by atoms with Crippen molar-refractivity contribution in [2.45, 2.75) is 32.9 Å². The highest BCUT2D eigenvalue weighted by Crippen LogP contribution is 2.45. The minimum atomic E-state index is -0.242. The Hall–Kier alpha value is -2.05. The van der Waals surface area contributed by atoms with Crippen molar-refractivity contribution in [2.75, 3.05) is 4.90 Å². The number of hydrogen-bond donors (Lipinski definition) is 0. The van der Waals surface area contributed by atoms with Crippen LogP contribution in [0.1, 0.15) is 53.2 Å². The fourth-order valence-electron chi connectivity index (χ4n) is 3.86. The zero-order valence-electron chi connectivity index (χ0n) is 15.6. The van der Waals surface area contributed by atoms with E-state index >= 15 is 0 Å². The second-order valence-corrected chi connectivity index (χ2v) is 8.38. The standard InChI is InChI=1S/C20H20BrClN4O/c1-11(2)25-16(21)10-15-19(25)18(13-5-7-14(22)8-6-13)26(20(15)27)17-9-12(3)23-24(17)4/h5-11,18H,1-4H3. The molecule has 0 spiro atoms. The van der Waals surface area contributed by atoms with Gasteiger partial charge in [-0.05, 0) is 60.5 Å². The van der Waals surface area contributed by atoms with Crippen molar-refractivity contribution in [3.63, 3.8) is 0 Å². The van der Waals surface area contributed by atoms with E-state index in [1.807, 2.05) is 55.3 Å². The summed E-state index contributed by atoms with van der Waals surface area (Å²) >= 11 is 9.74. The van der Waals surface area contributed by atoms with Gasteiger partial charge in [0.05, 0.1) is 21.6 Å². The maximum absolute atomic E-state index is 13.4. The Morgan fingerprint density at radius 2 is 1.85 bits per heavy atom. The molecule has 0 fully saturated rings. The molecule has 1 aliphatic rings. The van der Waals surface area contributed by atoms with E-state index in [0.717, 1.165) is 32.9 Å². The molecule has 0 radical (unpaired) electrons. The maximum Gasteiger partial charge on any atom is 0.262 e. The average Bonchev–Trinajstić information content (AvgIpc) is 3.19. The molecule has 1 aromatic carbocycles. The van der Waals surface area contributed by atoms with Gasteiger partial charge >= 0.3 is 0 Å². The number of anilines is 1. The fraction of sp³-hybridized carbons (Fsp3) is 0.300. The number of amides is 1. The number of hydrogen-bond acceptors (Lipinski definition) is 2. The first-order valence-corrected chi connectivity index (χ1v) is 9.97. The molecule has 5 nitrogen and oxygen atoms in total. The fourth-order valence-corrected chi connectivity index (χ4v) is 4.82. The minimum absolute atomic E-state index is 0.0203. The van der Waals surface area contributed by atoms with Gasteiger partial charge in [0, 0.05) is 24.2 Å². The van der Waals surface area contributed by atoms with Crippen LogP contribution in [0, 0.1) is 6.92 Å². The van der Waals surface area contributed by atoms with Crippen LogP contribution in [0.2, 0.25) is 5.02 Å². The number of carbonyl (C=O) groups is 1. The van der Waals surface area contributed by atoms with E-state index in [1.165, 1.54) is 0 Å². The minimum Gasteiger partial charge on any atom is -0.334 e. The van der Waals surface area contributed by atoms with Crippen LogP contribution in [0.5, 0.6) is 0 Å². The lowest BCUT2D eigenvalue weighted by atomic mass is 10.0. The summed E-state index contributed by atoms with van der Waals surface area (Å²) in [5, 5.41) is 5.11. The molecule has 0 saturated carbocycles. The summed E-state index contributed by atoms with van der Waals surface area (Å²) in [5.41, 5.74) is 3.59. The van der Waals surface area contributed by atoms with E-state index in [1.54, 1.807) is 4.68 Å². The van der Waals surface area contributed by atoms with Crippen molar-refractivity contribution in [2.24, 2.45) is 7.05 Å². The summed E-state index contributed by atoms with van der Waals surface area (Å²) < 4.78 is 4.85. The van der Waals surface area contributed by atoms with Crippen LogP contribution in [-0.2, 0) is 7.05 Å². The number of nitrogens with zero attached hydrogens (tertiary/aromatic N) is 4. The zero-order chi connectivity index (χ0) is 19.5. The molecule has 0 N–H and O–H groups in total. The summed E-state index contributed by atoms with van der Waals surface area (Å²) in [5.74, 6) is 0.758. The number of halogens is 2. The second-order valence-electron chi connectivity index (χ2n) is 7.13. The third-order valence-corrected chi connectivity index (χ3v) is 5.78. The Balaban J connectivity index is 1.98. The number of aromatic nitrogens is 3. The largest absolute Gasteiger partial charge is 0.334 e. The smallest absolute Gasteiger partial charge is 0.262 e. The highest BCUT2D eigenvalue weighted by Gasteiger charge is 2.43. The molecule has 2 aromatic heterocycles. The molecule has 1 aliphatic heterocycles. The van der Waals surface area contributed by atoms with E-state index in [2.05, 4.69) is 39.4 Å². The van der Waals surface area contributed by atoms with E-state index in [9.17, 15) is 4.79 Å². The van der Waals surface area contributed by atoms with Crippen molar-refractivity contribution in [1.29, 1.82) is 0 Å². The Kier molecular flexibility index (Phi) is 4.43. The summed E-state index contributed by atoms with van der Waals surface area (Å²) in [4.78, 5) is 15.3. The molecule has 0 bridgehead atoms. The first-order chi connectivity index (χ1) is 12.8. The van der Waals surface area contributed by atoms with Crippen LogP contribution in [0.15, 0.2) is 41.0 Å². The molecule has 3 aromatic rings. The quantitative estimate of drug-likeness (QED) is 0.548. The molecule has 1 amide bonds. The molecule has 0 aliphatic carbocycles. The maximum atomic E-state index is 13.4. The van der Waals surface area contributed by atoms with Gasteiger partial charge in [0.15, 0.2) is 0 Å². The van der Waals surface area contributed by atoms with Crippen LogP contribution in [0.3, 0.4) is 0 Å². The molecule has 3 heterocycles. The SMILES string of the molecule is Cc1cc(N2C(=O)c3cc(Br)n(C(C)C)c3C2c2ccc(Cl)cc2)n(C)n1. The molecule has 0 saturated heterocycles. The normalized spacial score (nSPS) is 16.5. The molecule has 140 valence electrons. The van der Waals surface area contributed by atoms with Gasteiger partial charge in [-0.2, -0.15) is 5.10 Å². The monoisotopic (exact) mass is 446 g/mol. The van der Waals surface area contributed by atoms with Gasteiger partial charge in [0.25, 0.3) is 5.91 Å². The Bertz CT molecular complexity index is 1040. The number of fused-ring (bicyclic) bond motifs is 1. The van der Waals surface area contributed by atoms with Crippen molar-refractivity contribution in [1.82, 2.24) is 14.3 Å². The van der Waals surface area contributed by atoms with Crippen molar-refractivity contribution in [3.05, 3.63) is 68.5 Å². The molecule has 1 unspecified atom stereocenters. The Labute approximate surface area is 171 Å². The molecular weight excluding hydrogens is 428 g/mol. The summed E-state index contributed by atoms with van der Waals surface area (Å²) in [6.07, 6.45) is 0. The second kappa shape index (κ2) is 6.53. The van der Waals surface area contributed by atoms with Gasteiger partial charge in [-0.25, -0.2) is 0 Å². The highest BCUT2D eigenvalue weighted by molar-refractivity contribution is 9.10. The van der Waals surface area contributed by atoms with E-state index in [-0.39, 0.29) is 18.0 Å². The molecule has 1 atom stereocenters. The summed E-state index contributed by atoms with van der Waals surface area (Å²) in [6, 6.07) is 11.5. The van der Waals surface area contributed by atoms with E-state index in [0.29, 0.717) is 5.02 Å². The van der Waals surface area contributed by atoms with Gasteiger partial charge in [-0.1, -0.05) is 23.7 Å². The zero-order valence-corrected chi connectivity index (χ0v) is 17.9. The molecule has 27 heavy (non-hydrogen) atoms. The average molecular weight is 448 g/mol. The lowest BCUT2D eigenvalue weighted by molar-refractivity contribution is 0.0992. The number of benzene rings is 1. The van der Waals surface area contributed by atoms with E-state index in [4.69, 9.17) is 11.6 Å². The van der Waals surface area contributed by atoms with Gasteiger partial charge in [0.1, 0.15) is 11.9 Å². The molecular formula is C20H20BrClN4O. The Morgan fingerprint density at radius 3 is 2.41 bits per heavy atom. The van der Waals surface area contributed by atoms with Crippen LogP contribution in [0.4, 0.5) is 5.82 Å². The van der Waals surface area contributed by atoms with Crippen LogP contribution >= 0.6 is 27.5 Å².